The van der Waals surface area contributed by atoms with Gasteiger partial charge in [0.05, 0.1) is 11.4 Å². The first-order valence-corrected chi connectivity index (χ1v) is 35.8. The first-order chi connectivity index (χ1) is 51.5. The topological polar surface area (TPSA) is 25.8 Å². The van der Waals surface area contributed by atoms with Crippen molar-refractivity contribution in [3.63, 3.8) is 0 Å². The fourth-order valence-electron chi connectivity index (χ4n) is 16.4. The average Bonchev–Trinajstić information content (AvgIpc) is 0.729. The Hall–Kier alpha value is -13.7. The molecular weight excluding hydrogens is 1250 g/mol. The Bertz CT molecular complexity index is 6820. The number of aromatic nitrogens is 2. The Kier molecular flexibility index (Phi) is 14.6. The van der Waals surface area contributed by atoms with Gasteiger partial charge >= 0.3 is 0 Å². The number of hydrogen-bond donors (Lipinski definition) is 0. The van der Waals surface area contributed by atoms with Gasteiger partial charge in [-0.15, -0.1) is 0 Å². The summed E-state index contributed by atoms with van der Waals surface area (Å²) in [5, 5.41) is 19.2. The maximum Gasteiger partial charge on any atom is 0.0780 e. The molecule has 0 aliphatic heterocycles. The third-order valence-corrected chi connectivity index (χ3v) is 21.5. The lowest BCUT2D eigenvalue weighted by Crippen LogP contribution is -1.95. The maximum atomic E-state index is 5.39. The summed E-state index contributed by atoms with van der Waals surface area (Å²) < 4.78 is 0. The zero-order valence-corrected chi connectivity index (χ0v) is 56.8. The van der Waals surface area contributed by atoms with Crippen molar-refractivity contribution in [2.75, 3.05) is 0 Å². The van der Waals surface area contributed by atoms with E-state index in [0.717, 1.165) is 94.7 Å². The predicted molar refractivity (Wildman–Crippen MR) is 442 cm³/mol. The molecule has 0 amide bonds. The number of hydrogen-bond acceptors (Lipinski definition) is 2. The molecule has 2 heterocycles. The van der Waals surface area contributed by atoms with Crippen LogP contribution in [0.1, 0.15) is 0 Å². The largest absolute Gasteiger partial charge is 0.256 e. The maximum absolute atomic E-state index is 5.39. The SMILES string of the molecule is c1ccc(-c2cnc(-c3ccc4c(-c5ccc6ccccc6c5)c5cc(-c6ccc(-c7cc(-c8ccc9c(-c%10ccc%11ccccc%11c%10)c%10ccccc%10c(-c%10ccc%11ccccc%11c%10)c9c8)ncc7-c7ccccc7)cc6)ccc5c(-c5ccc6ccccc6c5)c4c3)c(-c3ccccc3)c2)cc1. The minimum absolute atomic E-state index is 0.904. The van der Waals surface area contributed by atoms with E-state index >= 15 is 0 Å². The lowest BCUT2D eigenvalue weighted by Gasteiger charge is -2.21. The summed E-state index contributed by atoms with van der Waals surface area (Å²) in [5.41, 5.74) is 24.5. The van der Waals surface area contributed by atoms with Crippen LogP contribution in [0, 0.1) is 0 Å². The Morgan fingerprint density at radius 2 is 0.462 bits per heavy atom. The van der Waals surface area contributed by atoms with Gasteiger partial charge in [-0.1, -0.05) is 322 Å². The van der Waals surface area contributed by atoms with Crippen molar-refractivity contribution in [2.45, 2.75) is 0 Å². The van der Waals surface area contributed by atoms with Gasteiger partial charge in [0.1, 0.15) is 0 Å². The highest BCUT2D eigenvalue weighted by atomic mass is 14.7. The highest BCUT2D eigenvalue weighted by Gasteiger charge is 2.24. The molecule has 482 valence electrons. The molecule has 0 fully saturated rings. The van der Waals surface area contributed by atoms with Gasteiger partial charge in [-0.05, 0) is 224 Å². The molecule has 0 N–H and O–H groups in total. The molecule has 0 unspecified atom stereocenters. The van der Waals surface area contributed by atoms with E-state index in [1.807, 2.05) is 6.20 Å². The van der Waals surface area contributed by atoms with Crippen LogP contribution in [0.3, 0.4) is 0 Å². The van der Waals surface area contributed by atoms with E-state index in [1.165, 1.54) is 114 Å². The fourth-order valence-corrected chi connectivity index (χ4v) is 16.4. The second-order valence-electron chi connectivity index (χ2n) is 27.5. The van der Waals surface area contributed by atoms with E-state index in [9.17, 15) is 0 Å². The lowest BCUT2D eigenvalue weighted by atomic mass is 9.83. The van der Waals surface area contributed by atoms with Crippen LogP contribution in [0.15, 0.2) is 389 Å². The van der Waals surface area contributed by atoms with Gasteiger partial charge in [-0.3, -0.25) is 9.97 Å². The Labute approximate surface area is 603 Å². The Balaban J connectivity index is 0.760. The van der Waals surface area contributed by atoms with Gasteiger partial charge in [0.2, 0.25) is 0 Å². The number of nitrogens with zero attached hydrogens (tertiary/aromatic N) is 2. The van der Waals surface area contributed by atoms with Crippen LogP contribution < -0.4 is 0 Å². The molecule has 18 aromatic carbocycles. The second kappa shape index (κ2) is 25.2. The molecule has 0 atom stereocenters. The molecule has 104 heavy (non-hydrogen) atoms. The van der Waals surface area contributed by atoms with Crippen LogP contribution in [0.5, 0.6) is 0 Å². The van der Waals surface area contributed by atoms with Gasteiger partial charge in [0, 0.05) is 40.2 Å². The first kappa shape index (κ1) is 60.3. The van der Waals surface area contributed by atoms with Crippen LogP contribution in [0.2, 0.25) is 0 Å². The van der Waals surface area contributed by atoms with Gasteiger partial charge in [-0.25, -0.2) is 0 Å². The van der Waals surface area contributed by atoms with Gasteiger partial charge < -0.3 is 0 Å². The summed E-state index contributed by atoms with van der Waals surface area (Å²) in [6.45, 7) is 0. The summed E-state index contributed by atoms with van der Waals surface area (Å²) in [6.07, 6.45) is 4.12. The van der Waals surface area contributed by atoms with Crippen LogP contribution in [-0.4, -0.2) is 9.97 Å². The fraction of sp³-hybridized carbons (Fsp3) is 0. The molecule has 0 radical (unpaired) electrons. The Morgan fingerprint density at radius 1 is 0.144 bits per heavy atom. The molecule has 0 saturated heterocycles. The van der Waals surface area contributed by atoms with Crippen molar-refractivity contribution in [3.05, 3.63) is 389 Å². The summed E-state index contributed by atoms with van der Waals surface area (Å²) in [5.74, 6) is 0. The third kappa shape index (κ3) is 10.6. The number of fused-ring (bicyclic) bond motifs is 8. The molecule has 0 aliphatic rings. The molecule has 0 saturated carbocycles. The molecule has 0 bridgehead atoms. The van der Waals surface area contributed by atoms with E-state index in [1.54, 1.807) is 0 Å². The minimum atomic E-state index is 0.904. The zero-order valence-electron chi connectivity index (χ0n) is 56.8. The van der Waals surface area contributed by atoms with Gasteiger partial charge in [0.15, 0.2) is 0 Å². The summed E-state index contributed by atoms with van der Waals surface area (Å²) in [6, 6.07) is 139. The highest BCUT2D eigenvalue weighted by Crippen LogP contribution is 2.50. The zero-order chi connectivity index (χ0) is 68.6. The summed E-state index contributed by atoms with van der Waals surface area (Å²) in [7, 11) is 0. The number of pyridine rings is 2. The van der Waals surface area contributed by atoms with E-state index in [0.29, 0.717) is 0 Å². The minimum Gasteiger partial charge on any atom is -0.256 e. The first-order valence-electron chi connectivity index (χ1n) is 35.8. The molecule has 20 aromatic rings. The van der Waals surface area contributed by atoms with Crippen LogP contribution in [0.4, 0.5) is 0 Å². The molecule has 2 aromatic heterocycles. The van der Waals surface area contributed by atoms with Crippen molar-refractivity contribution in [2.24, 2.45) is 0 Å². The standard InChI is InChI=1S/C102H64N2/c1-4-20-65(21-5-1)85-61-92(71-26-6-2-7-27-71)102(104-63-85)84-50-53-90-95(60-84)101(83-47-41-69-25-13-17-33-77(69)57-83)89-51-48-78(58-93(89)100(90)82-46-40-68-24-12-16-32-76(68)56-82)70-36-42-73(43-37-70)91-62-97(103-64-96(91)72-28-8-3-9-29-72)79-49-52-88-94(59-79)99(81-45-39-67-23-11-15-31-75(67)55-81)87-35-19-18-34-86(87)98(88)80-44-38-66-22-10-14-30-74(66)54-80/h1-64H. The van der Waals surface area contributed by atoms with Crippen molar-refractivity contribution < 1.29 is 0 Å². The van der Waals surface area contributed by atoms with Crippen LogP contribution >= 0.6 is 0 Å². The normalized spacial score (nSPS) is 11.7. The summed E-state index contributed by atoms with van der Waals surface area (Å²) in [4.78, 5) is 10.8. The molecular formula is C102H64N2. The average molecular weight is 1320 g/mol. The van der Waals surface area contributed by atoms with Crippen LogP contribution in [-0.2, 0) is 0 Å². The third-order valence-electron chi connectivity index (χ3n) is 21.5. The van der Waals surface area contributed by atoms with E-state index in [-0.39, 0.29) is 0 Å². The lowest BCUT2D eigenvalue weighted by molar-refractivity contribution is 1.33. The Morgan fingerprint density at radius 3 is 0.933 bits per heavy atom. The molecule has 20 rings (SSSR count). The monoisotopic (exact) mass is 1320 g/mol. The second-order valence-corrected chi connectivity index (χ2v) is 27.5. The number of rotatable bonds is 11. The molecule has 0 aliphatic carbocycles. The predicted octanol–water partition coefficient (Wildman–Crippen LogP) is 28.0. The van der Waals surface area contributed by atoms with E-state index in [2.05, 4.69) is 382 Å². The number of benzene rings is 18. The smallest absolute Gasteiger partial charge is 0.0780 e. The highest BCUT2D eigenvalue weighted by molar-refractivity contribution is 6.25. The molecule has 2 nitrogen and oxygen atoms in total. The van der Waals surface area contributed by atoms with Crippen LogP contribution in [0.25, 0.3) is 209 Å². The van der Waals surface area contributed by atoms with E-state index < -0.39 is 0 Å². The molecule has 2 heteroatoms. The van der Waals surface area contributed by atoms with Crippen molar-refractivity contribution in [3.8, 4) is 123 Å². The molecule has 0 spiro atoms. The van der Waals surface area contributed by atoms with E-state index in [4.69, 9.17) is 9.97 Å². The van der Waals surface area contributed by atoms with Crippen molar-refractivity contribution >= 4 is 86.2 Å². The van der Waals surface area contributed by atoms with Crippen molar-refractivity contribution in [1.29, 1.82) is 0 Å². The quantitative estimate of drug-likeness (QED) is 0.121. The van der Waals surface area contributed by atoms with Gasteiger partial charge in [-0.2, -0.15) is 0 Å². The van der Waals surface area contributed by atoms with Gasteiger partial charge in [0.25, 0.3) is 0 Å². The van der Waals surface area contributed by atoms with Crippen molar-refractivity contribution in [1.82, 2.24) is 9.97 Å². The summed E-state index contributed by atoms with van der Waals surface area (Å²) >= 11 is 0.